The van der Waals surface area contributed by atoms with Crippen LogP contribution in [0.4, 0.5) is 0 Å². The Hall–Kier alpha value is -0.730. The third kappa shape index (κ3) is 4.62. The van der Waals surface area contributed by atoms with Crippen molar-refractivity contribution in [2.75, 3.05) is 0 Å². The lowest BCUT2D eigenvalue weighted by molar-refractivity contribution is 0.568. The fourth-order valence-electron chi connectivity index (χ4n) is 1.80. The van der Waals surface area contributed by atoms with Gasteiger partial charge in [-0.25, -0.2) is 13.1 Å². The molecule has 0 aliphatic heterocycles. The highest BCUT2D eigenvalue weighted by atomic mass is 32.2. The Balaban J connectivity index is 2.05. The minimum absolute atomic E-state index is 0.216. The van der Waals surface area contributed by atoms with Crippen molar-refractivity contribution in [1.82, 2.24) is 10.0 Å². The highest BCUT2D eigenvalue weighted by Gasteiger charge is 2.20. The zero-order valence-electron chi connectivity index (χ0n) is 12.3. The fourth-order valence-corrected chi connectivity index (χ4v) is 5.05. The smallest absolute Gasteiger partial charge is 0.241 e. The van der Waals surface area contributed by atoms with Crippen molar-refractivity contribution in [2.45, 2.75) is 44.3 Å². The molecule has 0 bridgehead atoms. The molecule has 21 heavy (non-hydrogen) atoms. The molecule has 0 aromatic carbocycles. The second-order valence-corrected chi connectivity index (χ2v) is 8.83. The zero-order chi connectivity index (χ0) is 15.5. The lowest BCUT2D eigenvalue weighted by atomic mass is 10.3. The summed E-state index contributed by atoms with van der Waals surface area (Å²) < 4.78 is 27.5. The van der Waals surface area contributed by atoms with Gasteiger partial charge in [0.1, 0.15) is 0 Å². The maximum Gasteiger partial charge on any atom is 0.241 e. The van der Waals surface area contributed by atoms with Crippen molar-refractivity contribution in [3.8, 4) is 0 Å². The Morgan fingerprint density at radius 2 is 2.00 bits per heavy atom. The Bertz CT molecular complexity index is 660. The summed E-state index contributed by atoms with van der Waals surface area (Å²) in [6, 6.07) is 5.76. The maximum absolute atomic E-state index is 12.4. The van der Waals surface area contributed by atoms with Gasteiger partial charge in [0.25, 0.3) is 0 Å². The van der Waals surface area contributed by atoms with Crippen LogP contribution < -0.4 is 10.0 Å². The average Bonchev–Trinajstić information content (AvgIpc) is 3.07. The zero-order valence-corrected chi connectivity index (χ0v) is 14.7. The topological polar surface area (TPSA) is 58.2 Å². The first kappa shape index (κ1) is 16.6. The molecule has 2 N–H and O–H groups in total. The summed E-state index contributed by atoms with van der Waals surface area (Å²) >= 11 is 3.01. The molecule has 7 heteroatoms. The van der Waals surface area contributed by atoms with Gasteiger partial charge >= 0.3 is 0 Å². The van der Waals surface area contributed by atoms with Gasteiger partial charge in [0, 0.05) is 27.7 Å². The van der Waals surface area contributed by atoms with Crippen LogP contribution in [0.2, 0.25) is 0 Å². The van der Waals surface area contributed by atoms with Crippen LogP contribution in [0.15, 0.2) is 33.9 Å². The monoisotopic (exact) mass is 344 g/mol. The molecular formula is C14H20N2O2S3. The van der Waals surface area contributed by atoms with E-state index in [0.29, 0.717) is 17.5 Å². The summed E-state index contributed by atoms with van der Waals surface area (Å²) in [5.41, 5.74) is 0. The van der Waals surface area contributed by atoms with E-state index in [1.54, 1.807) is 22.8 Å². The van der Waals surface area contributed by atoms with Crippen molar-refractivity contribution >= 4 is 32.7 Å². The number of sulfonamides is 1. The van der Waals surface area contributed by atoms with Crippen molar-refractivity contribution in [3.63, 3.8) is 0 Å². The average molecular weight is 345 g/mol. The van der Waals surface area contributed by atoms with Crippen LogP contribution in [-0.4, -0.2) is 14.5 Å². The van der Waals surface area contributed by atoms with Gasteiger partial charge in [0.15, 0.2) is 0 Å². The Morgan fingerprint density at radius 1 is 1.24 bits per heavy atom. The molecule has 4 nitrogen and oxygen atoms in total. The molecule has 0 fully saturated rings. The van der Waals surface area contributed by atoms with E-state index in [0.717, 1.165) is 9.75 Å². The van der Waals surface area contributed by atoms with E-state index in [-0.39, 0.29) is 6.04 Å². The van der Waals surface area contributed by atoms with Crippen LogP contribution in [-0.2, 0) is 16.6 Å². The predicted octanol–water partition coefficient (Wildman–Crippen LogP) is 3.35. The predicted molar refractivity (Wildman–Crippen MR) is 89.4 cm³/mol. The van der Waals surface area contributed by atoms with E-state index >= 15 is 0 Å². The molecule has 1 atom stereocenters. The van der Waals surface area contributed by atoms with E-state index in [4.69, 9.17) is 0 Å². The van der Waals surface area contributed by atoms with Crippen molar-refractivity contribution in [2.24, 2.45) is 0 Å². The van der Waals surface area contributed by atoms with Crippen molar-refractivity contribution < 1.29 is 8.42 Å². The normalized spacial score (nSPS) is 13.7. The number of nitrogens with one attached hydrogen (secondary N) is 2. The molecule has 116 valence electrons. The van der Waals surface area contributed by atoms with Gasteiger partial charge in [-0.2, -0.15) is 0 Å². The number of thiophene rings is 2. The van der Waals surface area contributed by atoms with Gasteiger partial charge in [0.05, 0.1) is 10.9 Å². The van der Waals surface area contributed by atoms with Crippen LogP contribution in [0.1, 0.15) is 36.6 Å². The van der Waals surface area contributed by atoms with Crippen LogP contribution in [0.3, 0.4) is 0 Å². The summed E-state index contributed by atoms with van der Waals surface area (Å²) in [6.07, 6.45) is 0. The Kier molecular flexibility index (Phi) is 5.56. The summed E-state index contributed by atoms with van der Waals surface area (Å²) in [4.78, 5) is 2.37. The molecule has 0 aliphatic carbocycles. The molecule has 0 spiro atoms. The largest absolute Gasteiger partial charge is 0.310 e. The third-order valence-corrected chi connectivity index (χ3v) is 6.59. The molecule has 2 rings (SSSR count). The minimum atomic E-state index is -3.46. The summed E-state index contributed by atoms with van der Waals surface area (Å²) in [7, 11) is -3.46. The van der Waals surface area contributed by atoms with Gasteiger partial charge in [-0.05, 0) is 24.4 Å². The SMILES string of the molecule is CC(C)NCc1cc(S(=O)(=O)NC(C)c2cccs2)cs1. The van der Waals surface area contributed by atoms with Crippen molar-refractivity contribution in [1.29, 1.82) is 0 Å². The molecule has 0 saturated heterocycles. The van der Waals surface area contributed by atoms with Crippen LogP contribution in [0.5, 0.6) is 0 Å². The molecule has 0 radical (unpaired) electrons. The number of rotatable bonds is 7. The molecule has 0 saturated carbocycles. The molecule has 2 aromatic heterocycles. The lowest BCUT2D eigenvalue weighted by Gasteiger charge is -2.11. The first-order valence-corrected chi connectivity index (χ1v) is 9.99. The van der Waals surface area contributed by atoms with E-state index in [1.165, 1.54) is 11.3 Å². The standard InChI is InChI=1S/C14H20N2O2S3/c1-10(2)15-8-12-7-13(9-20-12)21(17,18)16-11(3)14-5-4-6-19-14/h4-7,9-11,15-16H,8H2,1-3H3. The molecule has 1 unspecified atom stereocenters. The Morgan fingerprint density at radius 3 is 2.62 bits per heavy atom. The third-order valence-electron chi connectivity index (χ3n) is 2.93. The highest BCUT2D eigenvalue weighted by Crippen LogP contribution is 2.23. The van der Waals surface area contributed by atoms with Gasteiger partial charge in [0.2, 0.25) is 10.0 Å². The van der Waals surface area contributed by atoms with E-state index in [1.807, 2.05) is 24.4 Å². The molecular weight excluding hydrogens is 324 g/mol. The highest BCUT2D eigenvalue weighted by molar-refractivity contribution is 7.89. The van der Waals surface area contributed by atoms with E-state index in [9.17, 15) is 8.42 Å². The quantitative estimate of drug-likeness (QED) is 0.810. The van der Waals surface area contributed by atoms with E-state index < -0.39 is 10.0 Å². The van der Waals surface area contributed by atoms with Gasteiger partial charge < -0.3 is 5.32 Å². The summed E-state index contributed by atoms with van der Waals surface area (Å²) in [5.74, 6) is 0. The van der Waals surface area contributed by atoms with Crippen LogP contribution in [0.25, 0.3) is 0 Å². The maximum atomic E-state index is 12.4. The van der Waals surface area contributed by atoms with Gasteiger partial charge in [-0.1, -0.05) is 19.9 Å². The van der Waals surface area contributed by atoms with E-state index in [2.05, 4.69) is 23.9 Å². The number of hydrogen-bond acceptors (Lipinski definition) is 5. The van der Waals surface area contributed by atoms with Gasteiger partial charge in [-0.3, -0.25) is 0 Å². The molecule has 0 aliphatic rings. The van der Waals surface area contributed by atoms with Crippen LogP contribution >= 0.6 is 22.7 Å². The van der Waals surface area contributed by atoms with Gasteiger partial charge in [-0.15, -0.1) is 22.7 Å². The van der Waals surface area contributed by atoms with Crippen LogP contribution in [0, 0.1) is 0 Å². The first-order chi connectivity index (χ1) is 9.88. The second kappa shape index (κ2) is 7.02. The Labute approximate surface area is 134 Å². The first-order valence-electron chi connectivity index (χ1n) is 6.75. The minimum Gasteiger partial charge on any atom is -0.310 e. The number of hydrogen-bond donors (Lipinski definition) is 2. The summed E-state index contributed by atoms with van der Waals surface area (Å²) in [6.45, 7) is 6.68. The lowest BCUT2D eigenvalue weighted by Crippen LogP contribution is -2.26. The van der Waals surface area contributed by atoms with Crippen molar-refractivity contribution in [3.05, 3.63) is 38.7 Å². The summed E-state index contributed by atoms with van der Waals surface area (Å²) in [5, 5.41) is 6.93. The second-order valence-electron chi connectivity index (χ2n) is 5.14. The fraction of sp³-hybridized carbons (Fsp3) is 0.429. The molecule has 0 amide bonds. The molecule has 2 heterocycles. The molecule has 2 aromatic rings.